The number of hydrogen-bond donors (Lipinski definition) is 0. The number of nitrogens with zero attached hydrogens (tertiary/aromatic N) is 1. The molecule has 0 aromatic heterocycles. The largest absolute Gasteiger partial charge is 0.243 e. The van der Waals surface area contributed by atoms with Crippen LogP contribution < -0.4 is 0 Å². The van der Waals surface area contributed by atoms with E-state index in [9.17, 15) is 8.42 Å². The van der Waals surface area contributed by atoms with Gasteiger partial charge >= 0.3 is 0 Å². The Morgan fingerprint density at radius 1 is 1.03 bits per heavy atom. The molecule has 0 saturated carbocycles. The quantitative estimate of drug-likeness (QED) is 0.553. The number of allylic oxidation sites excluding steroid dienone is 1. The molecule has 3 nitrogen and oxygen atoms in total. The minimum atomic E-state index is -3.51. The molecule has 31 heavy (non-hydrogen) atoms. The van der Waals surface area contributed by atoms with Crippen LogP contribution in [-0.2, 0) is 21.9 Å². The molecule has 2 atom stereocenters. The van der Waals surface area contributed by atoms with Gasteiger partial charge in [0, 0.05) is 18.5 Å². The highest BCUT2D eigenvalue weighted by Crippen LogP contribution is 2.47. The third-order valence-electron chi connectivity index (χ3n) is 7.10. The standard InChI is InChI=1S/C27H35NO2S/c1-21-14-16-27(19-22-8-6-5-7-9-22)20-28(17-15-24(27)18-21)31(29,30)25-12-10-23(11-13-25)26(2,3)4/h5-13,18,21H,14-17,19-20H2,1-4H3/t21-,27-/m0/s1. The van der Waals surface area contributed by atoms with Crippen molar-refractivity contribution in [2.45, 2.75) is 63.7 Å². The van der Waals surface area contributed by atoms with Crippen molar-refractivity contribution in [3.63, 3.8) is 0 Å². The highest BCUT2D eigenvalue weighted by atomic mass is 32.2. The third-order valence-corrected chi connectivity index (χ3v) is 8.96. The van der Waals surface area contributed by atoms with Crippen LogP contribution in [0, 0.1) is 11.3 Å². The summed E-state index contributed by atoms with van der Waals surface area (Å²) in [6.07, 6.45) is 6.32. The zero-order valence-electron chi connectivity index (χ0n) is 19.3. The molecule has 0 radical (unpaired) electrons. The third kappa shape index (κ3) is 4.51. The fourth-order valence-electron chi connectivity index (χ4n) is 5.18. The topological polar surface area (TPSA) is 37.4 Å². The number of benzene rings is 2. The Morgan fingerprint density at radius 2 is 1.71 bits per heavy atom. The number of hydrogen-bond acceptors (Lipinski definition) is 2. The van der Waals surface area contributed by atoms with Gasteiger partial charge in [-0.1, -0.05) is 81.8 Å². The van der Waals surface area contributed by atoms with E-state index in [2.05, 4.69) is 58.0 Å². The van der Waals surface area contributed by atoms with E-state index < -0.39 is 10.0 Å². The van der Waals surface area contributed by atoms with E-state index in [1.165, 1.54) is 11.1 Å². The van der Waals surface area contributed by atoms with Gasteiger partial charge in [-0.05, 0) is 60.3 Å². The van der Waals surface area contributed by atoms with E-state index in [1.54, 1.807) is 16.4 Å². The molecule has 2 aromatic rings. The molecule has 1 fully saturated rings. The number of sulfonamides is 1. The average molecular weight is 438 g/mol. The van der Waals surface area contributed by atoms with Crippen LogP contribution in [0.5, 0.6) is 0 Å². The fourth-order valence-corrected chi connectivity index (χ4v) is 6.71. The summed E-state index contributed by atoms with van der Waals surface area (Å²) in [5.74, 6) is 0.576. The van der Waals surface area contributed by atoms with Crippen molar-refractivity contribution in [2.75, 3.05) is 13.1 Å². The van der Waals surface area contributed by atoms with E-state index in [0.29, 0.717) is 23.9 Å². The van der Waals surface area contributed by atoms with Crippen LogP contribution in [0.25, 0.3) is 0 Å². The predicted molar refractivity (Wildman–Crippen MR) is 128 cm³/mol. The summed E-state index contributed by atoms with van der Waals surface area (Å²) in [4.78, 5) is 0.409. The van der Waals surface area contributed by atoms with Crippen molar-refractivity contribution in [3.05, 3.63) is 77.4 Å². The molecule has 1 aliphatic carbocycles. The van der Waals surface area contributed by atoms with Crippen molar-refractivity contribution in [3.8, 4) is 0 Å². The van der Waals surface area contributed by atoms with Gasteiger partial charge in [0.25, 0.3) is 0 Å². The van der Waals surface area contributed by atoms with Gasteiger partial charge in [-0.2, -0.15) is 4.31 Å². The second kappa shape index (κ2) is 8.22. The summed E-state index contributed by atoms with van der Waals surface area (Å²) in [6.45, 7) is 9.85. The lowest BCUT2D eigenvalue weighted by atomic mass is 9.64. The molecule has 4 heteroatoms. The van der Waals surface area contributed by atoms with Crippen molar-refractivity contribution in [1.29, 1.82) is 0 Å². The maximum absolute atomic E-state index is 13.6. The molecule has 0 N–H and O–H groups in total. The zero-order valence-corrected chi connectivity index (χ0v) is 20.1. The predicted octanol–water partition coefficient (Wildman–Crippen LogP) is 5.96. The number of fused-ring (bicyclic) bond motifs is 1. The van der Waals surface area contributed by atoms with Gasteiger partial charge < -0.3 is 0 Å². The van der Waals surface area contributed by atoms with Crippen molar-refractivity contribution in [2.24, 2.45) is 11.3 Å². The Morgan fingerprint density at radius 3 is 2.35 bits per heavy atom. The smallest absolute Gasteiger partial charge is 0.207 e. The Hall–Kier alpha value is -1.91. The number of rotatable bonds is 4. The van der Waals surface area contributed by atoms with Gasteiger partial charge in [-0.3, -0.25) is 0 Å². The SMILES string of the molecule is C[C@@H]1C=C2CCN(S(=O)(=O)c3ccc(C(C)(C)C)cc3)C[C@@]2(Cc2ccccc2)CC1. The van der Waals surface area contributed by atoms with Gasteiger partial charge in [-0.25, -0.2) is 8.42 Å². The maximum atomic E-state index is 13.6. The summed E-state index contributed by atoms with van der Waals surface area (Å²) in [5, 5.41) is 0. The Balaban J connectivity index is 1.65. The lowest BCUT2D eigenvalue weighted by Gasteiger charge is -2.47. The Labute approximate surface area is 188 Å². The first kappa shape index (κ1) is 22.3. The van der Waals surface area contributed by atoms with Crippen LogP contribution in [0.2, 0.25) is 0 Å². The molecule has 1 heterocycles. The molecule has 0 bridgehead atoms. The molecule has 166 valence electrons. The Bertz CT molecular complexity index is 1050. The van der Waals surface area contributed by atoms with Crippen LogP contribution in [0.3, 0.4) is 0 Å². The summed E-state index contributed by atoms with van der Waals surface area (Å²) in [7, 11) is -3.51. The maximum Gasteiger partial charge on any atom is 0.243 e. The first-order chi connectivity index (χ1) is 14.6. The number of piperidine rings is 1. The van der Waals surface area contributed by atoms with Crippen LogP contribution in [0.4, 0.5) is 0 Å². The zero-order chi connectivity index (χ0) is 22.3. The minimum absolute atomic E-state index is 0.00560. The first-order valence-electron chi connectivity index (χ1n) is 11.5. The van der Waals surface area contributed by atoms with E-state index in [1.807, 2.05) is 18.2 Å². The van der Waals surface area contributed by atoms with Gasteiger partial charge in [0.2, 0.25) is 10.0 Å². The molecular formula is C27H35NO2S. The first-order valence-corrected chi connectivity index (χ1v) is 12.9. The molecule has 1 saturated heterocycles. The van der Waals surface area contributed by atoms with E-state index >= 15 is 0 Å². The lowest BCUT2D eigenvalue weighted by molar-refractivity contribution is 0.176. The van der Waals surface area contributed by atoms with Crippen LogP contribution in [0.1, 0.15) is 58.1 Å². The highest BCUT2D eigenvalue weighted by Gasteiger charge is 2.44. The highest BCUT2D eigenvalue weighted by molar-refractivity contribution is 7.89. The van der Waals surface area contributed by atoms with Crippen molar-refractivity contribution >= 4 is 10.0 Å². The minimum Gasteiger partial charge on any atom is -0.207 e. The fraction of sp³-hybridized carbons (Fsp3) is 0.481. The monoisotopic (exact) mass is 437 g/mol. The van der Waals surface area contributed by atoms with Crippen LogP contribution in [0.15, 0.2) is 71.1 Å². The van der Waals surface area contributed by atoms with E-state index in [4.69, 9.17) is 0 Å². The average Bonchev–Trinajstić information content (AvgIpc) is 2.74. The molecule has 1 aliphatic heterocycles. The molecule has 0 unspecified atom stereocenters. The molecule has 2 aromatic carbocycles. The molecule has 0 spiro atoms. The van der Waals surface area contributed by atoms with Gasteiger partial charge in [0.1, 0.15) is 0 Å². The summed E-state index contributed by atoms with van der Waals surface area (Å²) in [6, 6.07) is 18.0. The summed E-state index contributed by atoms with van der Waals surface area (Å²) >= 11 is 0. The Kier molecular flexibility index (Phi) is 5.91. The van der Waals surface area contributed by atoms with E-state index in [-0.39, 0.29) is 10.8 Å². The van der Waals surface area contributed by atoms with Gasteiger partial charge in [0.15, 0.2) is 0 Å². The molecule has 2 aliphatic rings. The van der Waals surface area contributed by atoms with Crippen molar-refractivity contribution < 1.29 is 8.42 Å². The summed E-state index contributed by atoms with van der Waals surface area (Å²) in [5.41, 5.74) is 3.81. The molecule has 4 rings (SSSR count). The summed E-state index contributed by atoms with van der Waals surface area (Å²) < 4.78 is 28.9. The second-order valence-electron chi connectivity index (χ2n) is 10.5. The molecular weight excluding hydrogens is 402 g/mol. The van der Waals surface area contributed by atoms with Crippen LogP contribution >= 0.6 is 0 Å². The van der Waals surface area contributed by atoms with E-state index in [0.717, 1.165) is 31.2 Å². The molecule has 0 amide bonds. The normalized spacial score (nSPS) is 25.0. The van der Waals surface area contributed by atoms with Gasteiger partial charge in [-0.15, -0.1) is 0 Å². The second-order valence-corrected chi connectivity index (χ2v) is 12.5. The van der Waals surface area contributed by atoms with Gasteiger partial charge in [0.05, 0.1) is 4.90 Å². The van der Waals surface area contributed by atoms with Crippen LogP contribution in [-0.4, -0.2) is 25.8 Å². The van der Waals surface area contributed by atoms with Crippen molar-refractivity contribution in [1.82, 2.24) is 4.31 Å². The lowest BCUT2D eigenvalue weighted by Crippen LogP contribution is -2.49.